The van der Waals surface area contributed by atoms with Gasteiger partial charge in [0.15, 0.2) is 0 Å². The number of amides is 1. The molecule has 1 saturated heterocycles. The predicted molar refractivity (Wildman–Crippen MR) is 75.9 cm³/mol. The molecule has 0 aromatic heterocycles. The largest absolute Gasteiger partial charge is 0.396 e. The van der Waals surface area contributed by atoms with Crippen molar-refractivity contribution in [1.29, 1.82) is 0 Å². The zero-order valence-corrected chi connectivity index (χ0v) is 12.2. The van der Waals surface area contributed by atoms with Gasteiger partial charge in [-0.2, -0.15) is 0 Å². The summed E-state index contributed by atoms with van der Waals surface area (Å²) >= 11 is 0. The van der Waals surface area contributed by atoms with Crippen LogP contribution in [0.4, 0.5) is 0 Å². The molecule has 1 saturated carbocycles. The summed E-state index contributed by atoms with van der Waals surface area (Å²) in [7, 11) is 1.96. The lowest BCUT2D eigenvalue weighted by Gasteiger charge is -2.35. The van der Waals surface area contributed by atoms with Crippen molar-refractivity contribution in [2.24, 2.45) is 5.92 Å². The molecule has 1 atom stereocenters. The number of hydrogen-bond donors (Lipinski definition) is 1. The molecule has 1 N–H and O–H groups in total. The molecule has 2 rings (SSSR count). The van der Waals surface area contributed by atoms with Crippen molar-refractivity contribution in [3.63, 3.8) is 0 Å². The van der Waals surface area contributed by atoms with E-state index in [4.69, 9.17) is 0 Å². The quantitative estimate of drug-likeness (QED) is 0.840. The number of aliphatic hydroxyl groups excluding tert-OH is 1. The zero-order chi connectivity index (χ0) is 13.7. The Balaban J connectivity index is 1.79. The maximum atomic E-state index is 12.3. The second-order valence-corrected chi connectivity index (χ2v) is 6.22. The van der Waals surface area contributed by atoms with Crippen LogP contribution in [-0.2, 0) is 4.79 Å². The SMILES string of the molecule is CN(C(=O)CN1CCCC(CO)C1)C1CCCCC1. The summed E-state index contributed by atoms with van der Waals surface area (Å²) in [6.45, 7) is 2.66. The number of likely N-dealkylation sites (N-methyl/N-ethyl adjacent to an activating group) is 1. The van der Waals surface area contributed by atoms with E-state index in [1.54, 1.807) is 0 Å². The first-order valence-electron chi connectivity index (χ1n) is 7.79. The van der Waals surface area contributed by atoms with E-state index in [-0.39, 0.29) is 12.5 Å². The molecule has 110 valence electrons. The summed E-state index contributed by atoms with van der Waals surface area (Å²) in [4.78, 5) is 16.5. The number of hydrogen-bond acceptors (Lipinski definition) is 3. The molecule has 2 fully saturated rings. The van der Waals surface area contributed by atoms with Crippen LogP contribution in [0.25, 0.3) is 0 Å². The maximum absolute atomic E-state index is 12.3. The highest BCUT2D eigenvalue weighted by atomic mass is 16.3. The lowest BCUT2D eigenvalue weighted by atomic mass is 9.94. The normalized spacial score (nSPS) is 26.3. The Kier molecular flexibility index (Phi) is 5.64. The Morgan fingerprint density at radius 2 is 1.95 bits per heavy atom. The van der Waals surface area contributed by atoms with Gasteiger partial charge in [-0.1, -0.05) is 19.3 Å². The van der Waals surface area contributed by atoms with Crippen LogP contribution >= 0.6 is 0 Å². The number of rotatable bonds is 4. The van der Waals surface area contributed by atoms with E-state index in [9.17, 15) is 9.90 Å². The fourth-order valence-corrected chi connectivity index (χ4v) is 3.42. The Labute approximate surface area is 116 Å². The first kappa shape index (κ1) is 14.8. The van der Waals surface area contributed by atoms with Gasteiger partial charge in [0.2, 0.25) is 5.91 Å². The van der Waals surface area contributed by atoms with Gasteiger partial charge < -0.3 is 10.0 Å². The highest BCUT2D eigenvalue weighted by molar-refractivity contribution is 5.78. The molecule has 1 aliphatic carbocycles. The van der Waals surface area contributed by atoms with Crippen molar-refractivity contribution in [2.45, 2.75) is 51.0 Å². The second kappa shape index (κ2) is 7.25. The highest BCUT2D eigenvalue weighted by Gasteiger charge is 2.25. The summed E-state index contributed by atoms with van der Waals surface area (Å²) in [6.07, 6.45) is 8.38. The van der Waals surface area contributed by atoms with Crippen LogP contribution in [0.5, 0.6) is 0 Å². The van der Waals surface area contributed by atoms with Gasteiger partial charge in [0.1, 0.15) is 0 Å². The molecule has 1 amide bonds. The molecule has 0 aromatic rings. The Morgan fingerprint density at radius 3 is 2.63 bits per heavy atom. The number of piperidine rings is 1. The van der Waals surface area contributed by atoms with Crippen molar-refractivity contribution in [3.8, 4) is 0 Å². The minimum absolute atomic E-state index is 0.253. The van der Waals surface area contributed by atoms with Crippen LogP contribution in [0.2, 0.25) is 0 Å². The molecular weight excluding hydrogens is 240 g/mol. The molecule has 1 aliphatic heterocycles. The third-order valence-electron chi connectivity index (χ3n) is 4.74. The van der Waals surface area contributed by atoms with Crippen molar-refractivity contribution in [2.75, 3.05) is 33.3 Å². The van der Waals surface area contributed by atoms with Crippen LogP contribution in [0.3, 0.4) is 0 Å². The van der Waals surface area contributed by atoms with E-state index < -0.39 is 0 Å². The minimum Gasteiger partial charge on any atom is -0.396 e. The standard InChI is InChI=1S/C15H28N2O2/c1-16(14-7-3-2-4-8-14)15(19)11-17-9-5-6-13(10-17)12-18/h13-14,18H,2-12H2,1H3. The molecule has 0 bridgehead atoms. The third-order valence-corrected chi connectivity index (χ3v) is 4.74. The van der Waals surface area contributed by atoms with Crippen LogP contribution in [0.15, 0.2) is 0 Å². The van der Waals surface area contributed by atoms with E-state index in [0.717, 1.165) is 25.9 Å². The average molecular weight is 268 g/mol. The third kappa shape index (κ3) is 4.18. The number of carbonyl (C=O) groups excluding carboxylic acids is 1. The van der Waals surface area contributed by atoms with Crippen LogP contribution in [0.1, 0.15) is 44.9 Å². The molecule has 1 heterocycles. The Bertz CT molecular complexity index is 290. The van der Waals surface area contributed by atoms with Gasteiger partial charge in [-0.15, -0.1) is 0 Å². The van der Waals surface area contributed by atoms with Gasteiger partial charge in [0, 0.05) is 26.2 Å². The highest BCUT2D eigenvalue weighted by Crippen LogP contribution is 2.22. The molecule has 0 aromatic carbocycles. The number of carbonyl (C=O) groups is 1. The first-order chi connectivity index (χ1) is 9.20. The Morgan fingerprint density at radius 1 is 1.21 bits per heavy atom. The van der Waals surface area contributed by atoms with Gasteiger partial charge in [0.25, 0.3) is 0 Å². The fourth-order valence-electron chi connectivity index (χ4n) is 3.42. The molecule has 0 radical (unpaired) electrons. The lowest BCUT2D eigenvalue weighted by molar-refractivity contribution is -0.134. The van der Waals surface area contributed by atoms with Crippen LogP contribution in [0, 0.1) is 5.92 Å². The van der Waals surface area contributed by atoms with E-state index in [0.29, 0.717) is 18.5 Å². The first-order valence-corrected chi connectivity index (χ1v) is 7.79. The van der Waals surface area contributed by atoms with Crippen LogP contribution < -0.4 is 0 Å². The smallest absolute Gasteiger partial charge is 0.236 e. The minimum atomic E-state index is 0.253. The molecule has 0 spiro atoms. The summed E-state index contributed by atoms with van der Waals surface area (Å²) < 4.78 is 0. The second-order valence-electron chi connectivity index (χ2n) is 6.22. The van der Waals surface area contributed by atoms with Gasteiger partial charge in [-0.05, 0) is 38.1 Å². The fraction of sp³-hybridized carbons (Fsp3) is 0.933. The molecule has 19 heavy (non-hydrogen) atoms. The van der Waals surface area contributed by atoms with E-state index >= 15 is 0 Å². The van der Waals surface area contributed by atoms with Crippen molar-refractivity contribution in [3.05, 3.63) is 0 Å². The molecular formula is C15H28N2O2. The summed E-state index contributed by atoms with van der Waals surface area (Å²) in [5.41, 5.74) is 0. The molecule has 4 heteroatoms. The number of likely N-dealkylation sites (tertiary alicyclic amines) is 1. The van der Waals surface area contributed by atoms with E-state index in [1.807, 2.05) is 11.9 Å². The Hall–Kier alpha value is -0.610. The summed E-state index contributed by atoms with van der Waals surface area (Å²) in [6, 6.07) is 0.458. The van der Waals surface area contributed by atoms with Gasteiger partial charge in [0.05, 0.1) is 6.54 Å². The maximum Gasteiger partial charge on any atom is 0.236 e. The monoisotopic (exact) mass is 268 g/mol. The summed E-state index contributed by atoms with van der Waals surface area (Å²) in [5.74, 6) is 0.618. The predicted octanol–water partition coefficient (Wildman–Crippen LogP) is 1.48. The van der Waals surface area contributed by atoms with Crippen molar-refractivity contribution in [1.82, 2.24) is 9.80 Å². The molecule has 1 unspecified atom stereocenters. The molecule has 4 nitrogen and oxygen atoms in total. The number of nitrogens with zero attached hydrogens (tertiary/aromatic N) is 2. The van der Waals surface area contributed by atoms with Gasteiger partial charge in [-0.3, -0.25) is 9.69 Å². The average Bonchev–Trinajstić information content (AvgIpc) is 2.47. The van der Waals surface area contributed by atoms with Gasteiger partial charge >= 0.3 is 0 Å². The van der Waals surface area contributed by atoms with E-state index in [2.05, 4.69) is 4.90 Å². The molecule has 2 aliphatic rings. The van der Waals surface area contributed by atoms with Crippen molar-refractivity contribution >= 4 is 5.91 Å². The number of aliphatic hydroxyl groups is 1. The van der Waals surface area contributed by atoms with E-state index in [1.165, 1.54) is 32.1 Å². The lowest BCUT2D eigenvalue weighted by Crippen LogP contribution is -2.47. The topological polar surface area (TPSA) is 43.8 Å². The van der Waals surface area contributed by atoms with Crippen LogP contribution in [-0.4, -0.2) is 60.1 Å². The zero-order valence-electron chi connectivity index (χ0n) is 12.2. The van der Waals surface area contributed by atoms with Crippen molar-refractivity contribution < 1.29 is 9.90 Å². The summed E-state index contributed by atoms with van der Waals surface area (Å²) in [5, 5.41) is 9.23. The van der Waals surface area contributed by atoms with Gasteiger partial charge in [-0.25, -0.2) is 0 Å².